The van der Waals surface area contributed by atoms with Gasteiger partial charge in [-0.15, -0.1) is 0 Å². The van der Waals surface area contributed by atoms with Crippen molar-refractivity contribution in [3.63, 3.8) is 0 Å². The van der Waals surface area contributed by atoms with E-state index in [2.05, 4.69) is 27.7 Å². The number of nitrogens with zero attached hydrogens (tertiary/aromatic N) is 2. The average Bonchev–Trinajstić information content (AvgIpc) is 2.79. The summed E-state index contributed by atoms with van der Waals surface area (Å²) in [5.74, 6) is 1.07. The topological polar surface area (TPSA) is 38.6 Å². The molecule has 2 aromatic heterocycles. The van der Waals surface area contributed by atoms with E-state index in [0.717, 1.165) is 30.9 Å². The van der Waals surface area contributed by atoms with Gasteiger partial charge >= 0.3 is 0 Å². The average molecular weight is 233 g/mol. The van der Waals surface area contributed by atoms with E-state index >= 15 is 0 Å². The zero-order valence-corrected chi connectivity index (χ0v) is 10.4. The molecule has 0 radical (unpaired) electrons. The first-order valence-electron chi connectivity index (χ1n) is 6.02. The molecule has 1 unspecified atom stereocenters. The molecule has 92 valence electrons. The molecule has 4 nitrogen and oxygen atoms in total. The van der Waals surface area contributed by atoms with Crippen LogP contribution in [0.3, 0.4) is 0 Å². The molecule has 1 N–H and O–H groups in total. The van der Waals surface area contributed by atoms with Gasteiger partial charge in [-0.25, -0.2) is 4.98 Å². The Morgan fingerprint density at radius 1 is 1.47 bits per heavy atom. The van der Waals surface area contributed by atoms with Crippen molar-refractivity contribution in [2.24, 2.45) is 0 Å². The van der Waals surface area contributed by atoms with Crippen LogP contribution in [0.2, 0.25) is 0 Å². The smallest absolute Gasteiger partial charge is 0.138 e. The summed E-state index contributed by atoms with van der Waals surface area (Å²) in [7, 11) is 1.74. The maximum absolute atomic E-state index is 5.23. The monoisotopic (exact) mass is 233 g/mol. The van der Waals surface area contributed by atoms with E-state index in [1.165, 1.54) is 0 Å². The van der Waals surface area contributed by atoms with Gasteiger partial charge in [-0.2, -0.15) is 0 Å². The second kappa shape index (κ2) is 5.68. The number of methoxy groups -OCH3 is 1. The van der Waals surface area contributed by atoms with Crippen molar-refractivity contribution in [2.75, 3.05) is 19.0 Å². The van der Waals surface area contributed by atoms with Crippen molar-refractivity contribution in [3.8, 4) is 0 Å². The molecule has 2 rings (SSSR count). The molecule has 0 amide bonds. The molecule has 0 aliphatic heterocycles. The Hall–Kier alpha value is -1.55. The normalized spacial score (nSPS) is 12.8. The molecule has 0 bridgehead atoms. The molecule has 0 spiro atoms. The van der Waals surface area contributed by atoms with Gasteiger partial charge in [-0.05, 0) is 18.6 Å². The predicted octanol–water partition coefficient (Wildman–Crippen LogP) is 2.56. The van der Waals surface area contributed by atoms with Crippen LogP contribution in [0.25, 0.3) is 5.65 Å². The number of rotatable bonds is 6. The summed E-state index contributed by atoms with van der Waals surface area (Å²) in [5, 5.41) is 3.51. The van der Waals surface area contributed by atoms with Crippen LogP contribution in [0.5, 0.6) is 0 Å². The van der Waals surface area contributed by atoms with Crippen LogP contribution >= 0.6 is 0 Å². The summed E-state index contributed by atoms with van der Waals surface area (Å²) in [6.07, 6.45) is 6.01. The Morgan fingerprint density at radius 2 is 2.35 bits per heavy atom. The Morgan fingerprint density at radius 3 is 3.12 bits per heavy atom. The third-order valence-corrected chi connectivity index (χ3v) is 2.79. The van der Waals surface area contributed by atoms with E-state index in [4.69, 9.17) is 4.74 Å². The molecule has 2 aromatic rings. The highest BCUT2D eigenvalue weighted by atomic mass is 16.5. The zero-order valence-electron chi connectivity index (χ0n) is 10.4. The molecule has 0 fully saturated rings. The summed E-state index contributed by atoms with van der Waals surface area (Å²) < 4.78 is 7.29. The van der Waals surface area contributed by atoms with Crippen LogP contribution in [0.1, 0.15) is 19.8 Å². The van der Waals surface area contributed by atoms with E-state index in [1.54, 1.807) is 7.11 Å². The minimum Gasteiger partial charge on any atom is -0.383 e. The third kappa shape index (κ3) is 2.77. The van der Waals surface area contributed by atoms with Crippen LogP contribution < -0.4 is 5.32 Å². The highest BCUT2D eigenvalue weighted by Crippen LogP contribution is 2.13. The standard InChI is InChI=1S/C13H19N3O/c1-3-5-11(10-17-2)15-13-7-4-6-12-14-8-9-16(12)13/h4,6-9,11,15H,3,5,10H2,1-2H3. The van der Waals surface area contributed by atoms with Gasteiger partial charge in [0.25, 0.3) is 0 Å². The van der Waals surface area contributed by atoms with Gasteiger partial charge in [0.2, 0.25) is 0 Å². The molecule has 0 aromatic carbocycles. The quantitative estimate of drug-likeness (QED) is 0.833. The van der Waals surface area contributed by atoms with E-state index in [-0.39, 0.29) is 0 Å². The Labute approximate surface area is 102 Å². The van der Waals surface area contributed by atoms with Crippen molar-refractivity contribution in [1.29, 1.82) is 0 Å². The number of ether oxygens (including phenoxy) is 1. The molecule has 2 heterocycles. The van der Waals surface area contributed by atoms with Crippen molar-refractivity contribution in [1.82, 2.24) is 9.38 Å². The summed E-state index contributed by atoms with van der Waals surface area (Å²) in [6.45, 7) is 2.90. The lowest BCUT2D eigenvalue weighted by molar-refractivity contribution is 0.182. The minimum atomic E-state index is 0.345. The van der Waals surface area contributed by atoms with Gasteiger partial charge in [0, 0.05) is 19.5 Å². The largest absolute Gasteiger partial charge is 0.383 e. The molecular weight excluding hydrogens is 214 g/mol. The van der Waals surface area contributed by atoms with Crippen molar-refractivity contribution in [3.05, 3.63) is 30.6 Å². The fraction of sp³-hybridized carbons (Fsp3) is 0.462. The summed E-state index contributed by atoms with van der Waals surface area (Å²) in [6, 6.07) is 6.42. The van der Waals surface area contributed by atoms with Gasteiger partial charge < -0.3 is 10.1 Å². The van der Waals surface area contributed by atoms with Gasteiger partial charge in [0.1, 0.15) is 11.5 Å². The lowest BCUT2D eigenvalue weighted by Crippen LogP contribution is -2.25. The van der Waals surface area contributed by atoms with Crippen molar-refractivity contribution >= 4 is 11.5 Å². The second-order valence-electron chi connectivity index (χ2n) is 4.15. The number of hydrogen-bond donors (Lipinski definition) is 1. The predicted molar refractivity (Wildman–Crippen MR) is 69.4 cm³/mol. The minimum absolute atomic E-state index is 0.345. The van der Waals surface area contributed by atoms with Gasteiger partial charge in [0.15, 0.2) is 0 Å². The molecule has 0 aliphatic carbocycles. The fourth-order valence-corrected chi connectivity index (χ4v) is 2.02. The number of fused-ring (bicyclic) bond motifs is 1. The van der Waals surface area contributed by atoms with Gasteiger partial charge in [-0.1, -0.05) is 19.4 Å². The lowest BCUT2D eigenvalue weighted by atomic mass is 10.2. The third-order valence-electron chi connectivity index (χ3n) is 2.79. The SMILES string of the molecule is CCCC(COC)Nc1cccc2nccn12. The molecule has 0 aliphatic rings. The molecular formula is C13H19N3O. The van der Waals surface area contributed by atoms with Gasteiger partial charge in [-0.3, -0.25) is 4.40 Å². The molecule has 4 heteroatoms. The first-order valence-corrected chi connectivity index (χ1v) is 6.02. The van der Waals surface area contributed by atoms with Crippen molar-refractivity contribution in [2.45, 2.75) is 25.8 Å². The molecule has 17 heavy (non-hydrogen) atoms. The first-order chi connectivity index (χ1) is 8.35. The number of hydrogen-bond acceptors (Lipinski definition) is 3. The zero-order chi connectivity index (χ0) is 12.1. The summed E-state index contributed by atoms with van der Waals surface area (Å²) in [4.78, 5) is 4.27. The summed E-state index contributed by atoms with van der Waals surface area (Å²) in [5.41, 5.74) is 0.961. The van der Waals surface area contributed by atoms with E-state index in [9.17, 15) is 0 Å². The maximum Gasteiger partial charge on any atom is 0.138 e. The highest BCUT2D eigenvalue weighted by molar-refractivity contribution is 5.50. The van der Waals surface area contributed by atoms with Gasteiger partial charge in [0.05, 0.1) is 12.6 Å². The molecule has 1 atom stereocenters. The Kier molecular flexibility index (Phi) is 3.98. The van der Waals surface area contributed by atoms with Crippen LogP contribution in [0, 0.1) is 0 Å². The van der Waals surface area contributed by atoms with Crippen molar-refractivity contribution < 1.29 is 4.74 Å². The Bertz CT molecular complexity index is 460. The van der Waals surface area contributed by atoms with E-state index in [0.29, 0.717) is 6.04 Å². The number of aromatic nitrogens is 2. The molecule has 0 saturated heterocycles. The first kappa shape index (κ1) is 11.9. The number of pyridine rings is 1. The highest BCUT2D eigenvalue weighted by Gasteiger charge is 2.08. The van der Waals surface area contributed by atoms with E-state index < -0.39 is 0 Å². The van der Waals surface area contributed by atoms with Crippen LogP contribution in [0.15, 0.2) is 30.6 Å². The molecule has 0 saturated carbocycles. The van der Waals surface area contributed by atoms with Crippen LogP contribution in [-0.2, 0) is 4.74 Å². The van der Waals surface area contributed by atoms with E-state index in [1.807, 2.05) is 24.5 Å². The lowest BCUT2D eigenvalue weighted by Gasteiger charge is -2.19. The van der Waals surface area contributed by atoms with Crippen LogP contribution in [-0.4, -0.2) is 29.1 Å². The number of imidazole rings is 1. The number of anilines is 1. The van der Waals surface area contributed by atoms with Crippen LogP contribution in [0.4, 0.5) is 5.82 Å². The Balaban J connectivity index is 2.18. The maximum atomic E-state index is 5.23. The number of nitrogens with one attached hydrogen (secondary N) is 1. The second-order valence-corrected chi connectivity index (χ2v) is 4.15. The summed E-state index contributed by atoms with van der Waals surface area (Å²) >= 11 is 0. The fourth-order valence-electron chi connectivity index (χ4n) is 2.02.